The first-order valence-electron chi connectivity index (χ1n) is 9.42. The third kappa shape index (κ3) is 2.55. The molecule has 2 bridgehead atoms. The molecule has 27 heavy (non-hydrogen) atoms. The topological polar surface area (TPSA) is 83.6 Å². The Hall–Kier alpha value is -3.02. The smallest absolute Gasteiger partial charge is 0.225 e. The number of carbonyl (C=O) groups excluding carboxylic acids is 1. The van der Waals surface area contributed by atoms with Crippen LogP contribution in [-0.2, 0) is 10.2 Å². The van der Waals surface area contributed by atoms with E-state index >= 15 is 0 Å². The minimum absolute atomic E-state index is 0.0120. The van der Waals surface area contributed by atoms with Gasteiger partial charge in [-0.2, -0.15) is 5.21 Å². The fourth-order valence-electron chi connectivity index (χ4n) is 5.12. The van der Waals surface area contributed by atoms with Crippen molar-refractivity contribution in [3.05, 3.63) is 77.6 Å². The number of tetrazole rings is 1. The number of carbonyl (C=O) groups is 1. The molecule has 6 nitrogen and oxygen atoms in total. The average Bonchev–Trinajstić information content (AvgIpc) is 3.44. The van der Waals surface area contributed by atoms with Crippen LogP contribution in [0, 0.1) is 11.8 Å². The SMILES string of the molecule is O=C(NC(c1ccccc1)c1nn[nH]n1)[C@@H]1[C@@H]2CC[C@@]1(c1ccccc1)C2. The van der Waals surface area contributed by atoms with Crippen molar-refractivity contribution < 1.29 is 4.79 Å². The number of aromatic nitrogens is 4. The molecule has 2 aromatic carbocycles. The summed E-state index contributed by atoms with van der Waals surface area (Å²) in [6.07, 6.45) is 3.30. The summed E-state index contributed by atoms with van der Waals surface area (Å²) in [4.78, 5) is 13.3. The summed E-state index contributed by atoms with van der Waals surface area (Å²) < 4.78 is 0. The van der Waals surface area contributed by atoms with Crippen molar-refractivity contribution in [1.29, 1.82) is 0 Å². The molecule has 3 fully saturated rings. The Morgan fingerprint density at radius 2 is 1.85 bits per heavy atom. The summed E-state index contributed by atoms with van der Waals surface area (Å²) in [5.41, 5.74) is 2.22. The van der Waals surface area contributed by atoms with Crippen LogP contribution in [0.2, 0.25) is 0 Å². The third-order valence-electron chi connectivity index (χ3n) is 6.33. The predicted octanol–water partition coefficient (Wildman–Crippen LogP) is 2.77. The van der Waals surface area contributed by atoms with Crippen molar-refractivity contribution in [2.45, 2.75) is 30.7 Å². The fraction of sp³-hybridized carbons (Fsp3) is 0.333. The summed E-state index contributed by atoms with van der Waals surface area (Å²) >= 11 is 0. The molecule has 4 atom stereocenters. The van der Waals surface area contributed by atoms with Crippen LogP contribution in [0.1, 0.15) is 42.3 Å². The van der Waals surface area contributed by atoms with Crippen molar-refractivity contribution >= 4 is 5.91 Å². The van der Waals surface area contributed by atoms with Crippen molar-refractivity contribution in [3.63, 3.8) is 0 Å². The summed E-state index contributed by atoms with van der Waals surface area (Å²) in [6, 6.07) is 19.9. The first-order chi connectivity index (χ1) is 13.3. The van der Waals surface area contributed by atoms with Gasteiger partial charge < -0.3 is 5.32 Å². The Bertz CT molecular complexity index is 924. The predicted molar refractivity (Wildman–Crippen MR) is 99.6 cm³/mol. The fourth-order valence-corrected chi connectivity index (χ4v) is 5.12. The largest absolute Gasteiger partial charge is 0.342 e. The third-order valence-corrected chi connectivity index (χ3v) is 6.33. The lowest BCUT2D eigenvalue weighted by atomic mass is 9.56. The average molecular weight is 359 g/mol. The standard InChI is InChI=1S/C21H21N5O/c27-20(17-15-11-12-21(17,13-15)16-9-5-2-6-10-16)22-18(19-23-25-26-24-19)14-7-3-1-4-8-14/h1-10,15,17-18H,11-13H2,(H,22,27)(H,23,24,25,26)/t15-,17+,18?,21+/m1/s1. The van der Waals surface area contributed by atoms with Crippen molar-refractivity contribution in [2.75, 3.05) is 0 Å². The first-order valence-corrected chi connectivity index (χ1v) is 9.42. The van der Waals surface area contributed by atoms with Gasteiger partial charge in [-0.25, -0.2) is 0 Å². The number of benzene rings is 2. The molecule has 3 saturated carbocycles. The second kappa shape index (κ2) is 6.30. The van der Waals surface area contributed by atoms with E-state index in [1.165, 1.54) is 5.56 Å². The van der Waals surface area contributed by atoms with E-state index in [0.29, 0.717) is 11.7 Å². The normalized spacial score (nSPS) is 27.0. The van der Waals surface area contributed by atoms with Crippen LogP contribution in [0.25, 0.3) is 0 Å². The molecule has 3 aliphatic rings. The van der Waals surface area contributed by atoms with E-state index in [1.807, 2.05) is 36.4 Å². The monoisotopic (exact) mass is 359 g/mol. The maximum atomic E-state index is 13.3. The number of H-pyrrole nitrogens is 1. The van der Waals surface area contributed by atoms with Crippen LogP contribution in [0.3, 0.4) is 0 Å². The second-order valence-electron chi connectivity index (χ2n) is 7.63. The van der Waals surface area contributed by atoms with E-state index in [9.17, 15) is 4.79 Å². The molecule has 2 N–H and O–H groups in total. The maximum Gasteiger partial charge on any atom is 0.225 e. The lowest BCUT2D eigenvalue weighted by Crippen LogP contribution is -2.53. The van der Waals surface area contributed by atoms with Crippen LogP contribution in [0.15, 0.2) is 60.7 Å². The summed E-state index contributed by atoms with van der Waals surface area (Å²) in [6.45, 7) is 0. The van der Waals surface area contributed by atoms with Gasteiger partial charge in [-0.05, 0) is 36.3 Å². The number of hydrogen-bond donors (Lipinski definition) is 2. The van der Waals surface area contributed by atoms with Crippen LogP contribution < -0.4 is 5.32 Å². The Kier molecular flexibility index (Phi) is 3.77. The number of rotatable bonds is 5. The minimum Gasteiger partial charge on any atom is -0.342 e. The Balaban J connectivity index is 1.44. The van der Waals surface area contributed by atoms with E-state index in [0.717, 1.165) is 24.8 Å². The second-order valence-corrected chi connectivity index (χ2v) is 7.63. The number of hydrogen-bond acceptors (Lipinski definition) is 4. The molecular weight excluding hydrogens is 338 g/mol. The highest BCUT2D eigenvalue weighted by Crippen LogP contribution is 2.64. The van der Waals surface area contributed by atoms with Crippen LogP contribution >= 0.6 is 0 Å². The molecule has 6 heteroatoms. The highest BCUT2D eigenvalue weighted by atomic mass is 16.2. The number of nitrogens with zero attached hydrogens (tertiary/aromatic N) is 3. The van der Waals surface area contributed by atoms with Gasteiger partial charge in [-0.1, -0.05) is 65.9 Å². The molecule has 0 radical (unpaired) electrons. The number of fused-ring (bicyclic) bond motifs is 1. The number of amides is 1. The molecule has 3 aromatic rings. The molecule has 1 heterocycles. The zero-order valence-corrected chi connectivity index (χ0v) is 14.9. The molecule has 136 valence electrons. The van der Waals surface area contributed by atoms with Gasteiger partial charge in [-0.15, -0.1) is 10.2 Å². The molecule has 1 aromatic heterocycles. The zero-order valence-electron chi connectivity index (χ0n) is 14.9. The van der Waals surface area contributed by atoms with E-state index < -0.39 is 6.04 Å². The van der Waals surface area contributed by atoms with Crippen LogP contribution in [-0.4, -0.2) is 26.5 Å². The zero-order chi connectivity index (χ0) is 18.3. The van der Waals surface area contributed by atoms with Gasteiger partial charge in [0.25, 0.3) is 0 Å². The molecule has 0 aliphatic heterocycles. The number of aromatic amines is 1. The quantitative estimate of drug-likeness (QED) is 0.734. The van der Waals surface area contributed by atoms with Gasteiger partial charge >= 0.3 is 0 Å². The van der Waals surface area contributed by atoms with Crippen molar-refractivity contribution in [1.82, 2.24) is 25.9 Å². The molecule has 0 spiro atoms. The van der Waals surface area contributed by atoms with Crippen molar-refractivity contribution in [2.24, 2.45) is 11.8 Å². The van der Waals surface area contributed by atoms with Crippen LogP contribution in [0.5, 0.6) is 0 Å². The highest BCUT2D eigenvalue weighted by molar-refractivity contribution is 5.83. The Labute approximate surface area is 157 Å². The van der Waals surface area contributed by atoms with Gasteiger partial charge in [0.15, 0.2) is 0 Å². The van der Waals surface area contributed by atoms with Gasteiger partial charge in [0.2, 0.25) is 11.7 Å². The summed E-state index contributed by atoms with van der Waals surface area (Å²) in [5, 5.41) is 17.6. The molecular formula is C21H21N5O. The van der Waals surface area contributed by atoms with Crippen LogP contribution in [0.4, 0.5) is 0 Å². The van der Waals surface area contributed by atoms with E-state index in [4.69, 9.17) is 0 Å². The Morgan fingerprint density at radius 1 is 1.11 bits per heavy atom. The minimum atomic E-state index is -0.398. The Morgan fingerprint density at radius 3 is 2.52 bits per heavy atom. The van der Waals surface area contributed by atoms with Gasteiger partial charge in [0, 0.05) is 5.41 Å². The number of nitrogens with one attached hydrogen (secondary N) is 2. The molecule has 0 saturated heterocycles. The van der Waals surface area contributed by atoms with Gasteiger partial charge in [-0.3, -0.25) is 4.79 Å². The van der Waals surface area contributed by atoms with Crippen molar-refractivity contribution in [3.8, 4) is 0 Å². The highest BCUT2D eigenvalue weighted by Gasteiger charge is 2.62. The molecule has 3 aliphatic carbocycles. The van der Waals surface area contributed by atoms with Gasteiger partial charge in [0.1, 0.15) is 6.04 Å². The maximum absolute atomic E-state index is 13.3. The molecule has 1 unspecified atom stereocenters. The van der Waals surface area contributed by atoms with E-state index in [2.05, 4.69) is 50.2 Å². The molecule has 1 amide bonds. The lowest BCUT2D eigenvalue weighted by molar-refractivity contribution is -0.133. The van der Waals surface area contributed by atoms with E-state index in [-0.39, 0.29) is 17.2 Å². The molecule has 6 rings (SSSR count). The van der Waals surface area contributed by atoms with Gasteiger partial charge in [0.05, 0.1) is 5.92 Å². The summed E-state index contributed by atoms with van der Waals surface area (Å²) in [7, 11) is 0. The first kappa shape index (κ1) is 16.2. The summed E-state index contributed by atoms with van der Waals surface area (Å²) in [5.74, 6) is 1.05. The van der Waals surface area contributed by atoms with E-state index in [1.54, 1.807) is 0 Å². The lowest BCUT2D eigenvalue weighted by Gasteiger charge is -2.47.